The third kappa shape index (κ3) is 8.72. The second-order valence-electron chi connectivity index (χ2n) is 14.4. The van der Waals surface area contributed by atoms with E-state index in [1.165, 1.54) is 35.4 Å². The van der Waals surface area contributed by atoms with E-state index in [-0.39, 0.29) is 5.48 Å². The Morgan fingerprint density at radius 3 is 1.22 bits per heavy atom. The van der Waals surface area contributed by atoms with E-state index in [2.05, 4.69) is 201 Å². The summed E-state index contributed by atoms with van der Waals surface area (Å²) in [5.74, 6) is 1.97. The Kier molecular flexibility index (Phi) is 13.1. The van der Waals surface area contributed by atoms with Crippen LogP contribution in [0, 0.1) is 0 Å². The summed E-state index contributed by atoms with van der Waals surface area (Å²) in [6.07, 6.45) is 4.09. The van der Waals surface area contributed by atoms with Crippen molar-refractivity contribution in [3.05, 3.63) is 168 Å². The summed E-state index contributed by atoms with van der Waals surface area (Å²) in [5.41, 5.74) is 7.08. The number of rotatable bonds is 10. The fourth-order valence-electron chi connectivity index (χ4n) is 6.86. The van der Waals surface area contributed by atoms with Gasteiger partial charge >= 0.3 is 119 Å². The van der Waals surface area contributed by atoms with Crippen LogP contribution < -0.4 is 22.9 Å². The van der Waals surface area contributed by atoms with Crippen molar-refractivity contribution in [2.75, 3.05) is 0 Å². The Labute approximate surface area is 313 Å². The zero-order valence-electron chi connectivity index (χ0n) is 31.4. The number of hydrogen-bond acceptors (Lipinski definition) is 1. The fraction of sp³-hybridized carbons (Fsp3) is 0.261. The van der Waals surface area contributed by atoms with E-state index in [1.54, 1.807) is 0 Å². The fourth-order valence-corrected chi connectivity index (χ4v) is 12.5. The van der Waals surface area contributed by atoms with Gasteiger partial charge in [0.05, 0.1) is 0 Å². The Balaban J connectivity index is 0.000000224. The molecule has 5 heteroatoms. The summed E-state index contributed by atoms with van der Waals surface area (Å²) in [5, 5.41) is 13.1. The van der Waals surface area contributed by atoms with Crippen molar-refractivity contribution in [1.82, 2.24) is 4.57 Å². The number of nitrogens with zero attached hydrogens (tertiary/aromatic N) is 2. The van der Waals surface area contributed by atoms with Crippen LogP contribution in [0.4, 0.5) is 0 Å². The van der Waals surface area contributed by atoms with Crippen LogP contribution in [0.2, 0.25) is 0 Å². The number of aromatic nitrogens is 2. The Bertz CT molecular complexity index is 1810. The van der Waals surface area contributed by atoms with Gasteiger partial charge < -0.3 is 5.11 Å². The first-order valence-electron chi connectivity index (χ1n) is 18.2. The predicted octanol–water partition coefficient (Wildman–Crippen LogP) is 8.43. The molecular weight excluding hydrogens is 700 g/mol. The molecular formula is C46H52GeN2OP. The number of hydrogen-bond donors (Lipinski definition) is 0. The van der Waals surface area contributed by atoms with Crippen molar-refractivity contribution >= 4 is 41.9 Å². The zero-order valence-corrected chi connectivity index (χ0v) is 34.5. The van der Waals surface area contributed by atoms with E-state index in [0.29, 0.717) is 29.5 Å². The molecule has 1 heterocycles. The van der Waals surface area contributed by atoms with Gasteiger partial charge in [-0.05, 0) is 29.2 Å². The minimum absolute atomic E-state index is 0.128. The molecule has 0 saturated carbocycles. The Morgan fingerprint density at radius 2 is 0.882 bits per heavy atom. The van der Waals surface area contributed by atoms with Crippen molar-refractivity contribution in [3.63, 3.8) is 0 Å². The standard InChI is InChI=1S/C28H37N2OP.C18H15Ge/c1-17(2)21-11-9-12-22(18(3)4)25(21)29-15-16-30(27(29)28(31)32)26-23(19(5)6)13-10-14-24(26)20(7)8;1-4-10-16(11-5-1)19(17-12-6-2-7-13-17)18-14-8-3-9-15-18/h9-20,32H,1-8H3;1-15H. The van der Waals surface area contributed by atoms with E-state index in [4.69, 9.17) is 0 Å². The normalized spacial score (nSPS) is 11.4. The number of imidazole rings is 1. The van der Waals surface area contributed by atoms with Gasteiger partial charge in [0.1, 0.15) is 23.8 Å². The molecule has 0 spiro atoms. The van der Waals surface area contributed by atoms with E-state index in [0.717, 1.165) is 11.4 Å². The molecule has 1 aromatic heterocycles. The molecule has 0 fully saturated rings. The average Bonchev–Trinajstić information content (AvgIpc) is 3.58. The molecule has 1 radical (unpaired) electrons. The van der Waals surface area contributed by atoms with Crippen LogP contribution in [0.5, 0.6) is 0 Å². The van der Waals surface area contributed by atoms with Crippen LogP contribution in [0.15, 0.2) is 140 Å². The molecule has 0 saturated heterocycles. The molecule has 3 nitrogen and oxygen atoms in total. The summed E-state index contributed by atoms with van der Waals surface area (Å²) in [4.78, 5) is 0. The average molecular weight is 753 g/mol. The van der Waals surface area contributed by atoms with Gasteiger partial charge in [-0.15, -0.1) is 8.86 Å². The molecule has 0 atom stereocenters. The minimum atomic E-state index is -1.63. The van der Waals surface area contributed by atoms with E-state index >= 15 is 0 Å². The summed E-state index contributed by atoms with van der Waals surface area (Å²) < 4.78 is 8.67. The SMILES string of the molecule is CC(C)c1cccc(C(C)C)c1-n1cc[n+](-c2c(C(C)C)cccc2C(C)C)c1C([O-])=P.c1cc[c]([Ge]([c]2ccccc2)[c]2ccccc2)cc1. The molecule has 0 aliphatic heterocycles. The molecule has 0 N–H and O–H groups in total. The van der Waals surface area contributed by atoms with Crippen LogP contribution in [0.3, 0.4) is 0 Å². The van der Waals surface area contributed by atoms with Crippen LogP contribution >= 0.6 is 8.86 Å². The van der Waals surface area contributed by atoms with Gasteiger partial charge in [0.2, 0.25) is 0 Å². The van der Waals surface area contributed by atoms with Crippen LogP contribution in [0.25, 0.3) is 11.4 Å². The van der Waals surface area contributed by atoms with Gasteiger partial charge in [0.15, 0.2) is 0 Å². The second-order valence-corrected chi connectivity index (χ2v) is 20.0. The molecule has 0 amide bonds. The van der Waals surface area contributed by atoms with Crippen molar-refractivity contribution in [1.29, 1.82) is 0 Å². The van der Waals surface area contributed by atoms with Crippen LogP contribution in [0.1, 0.15) is 107 Å². The maximum absolute atomic E-state index is 13.1. The summed E-state index contributed by atoms with van der Waals surface area (Å²) >= 11 is -1.63. The van der Waals surface area contributed by atoms with Crippen molar-refractivity contribution in [2.24, 2.45) is 0 Å². The number of benzene rings is 5. The molecule has 6 rings (SSSR count). The molecule has 6 aromatic rings. The molecule has 0 unspecified atom stereocenters. The van der Waals surface area contributed by atoms with Crippen molar-refractivity contribution < 1.29 is 9.67 Å². The van der Waals surface area contributed by atoms with Gasteiger partial charge in [0.25, 0.3) is 5.82 Å². The third-order valence-electron chi connectivity index (χ3n) is 9.38. The molecule has 0 aliphatic carbocycles. The first kappa shape index (κ1) is 38.2. The molecule has 0 aliphatic rings. The van der Waals surface area contributed by atoms with Gasteiger partial charge in [0, 0.05) is 22.3 Å². The topological polar surface area (TPSA) is 31.9 Å². The molecule has 261 valence electrons. The zero-order chi connectivity index (χ0) is 36.7. The van der Waals surface area contributed by atoms with Gasteiger partial charge in [-0.1, -0.05) is 91.8 Å². The van der Waals surface area contributed by atoms with Gasteiger partial charge in [-0.3, -0.25) is 0 Å². The monoisotopic (exact) mass is 753 g/mol. The second kappa shape index (κ2) is 17.5. The maximum atomic E-state index is 13.1. The van der Waals surface area contributed by atoms with E-state index < -0.39 is 14.3 Å². The summed E-state index contributed by atoms with van der Waals surface area (Å²) in [6.45, 7) is 17.7. The first-order valence-corrected chi connectivity index (χ1v) is 21.8. The Hall–Kier alpha value is -4.02. The molecule has 51 heavy (non-hydrogen) atoms. The third-order valence-corrected chi connectivity index (χ3v) is 15.3. The molecule has 5 aromatic carbocycles. The summed E-state index contributed by atoms with van der Waals surface area (Å²) in [7, 11) is 3.38. The Morgan fingerprint density at radius 1 is 0.529 bits per heavy atom. The van der Waals surface area contributed by atoms with Crippen LogP contribution in [-0.2, 0) is 0 Å². The van der Waals surface area contributed by atoms with Crippen LogP contribution in [-0.4, -0.2) is 24.4 Å². The van der Waals surface area contributed by atoms with E-state index in [9.17, 15) is 5.11 Å². The quantitative estimate of drug-likeness (QED) is 0.0786. The van der Waals surface area contributed by atoms with Crippen molar-refractivity contribution in [3.8, 4) is 11.4 Å². The predicted molar refractivity (Wildman–Crippen MR) is 220 cm³/mol. The molecule has 0 bridgehead atoms. The van der Waals surface area contributed by atoms with Gasteiger partial charge in [-0.2, -0.15) is 9.13 Å². The summed E-state index contributed by atoms with van der Waals surface area (Å²) in [6, 6.07) is 45.8. The van der Waals surface area contributed by atoms with E-state index in [1.807, 2.05) is 12.4 Å². The first-order chi connectivity index (χ1) is 24.5. The van der Waals surface area contributed by atoms with Gasteiger partial charge in [-0.25, -0.2) is 0 Å². The van der Waals surface area contributed by atoms with Crippen molar-refractivity contribution in [2.45, 2.75) is 79.1 Å². The number of para-hydroxylation sites is 2.